The molecule has 0 fully saturated rings. The molecule has 0 saturated carbocycles. The molecule has 0 aliphatic carbocycles. The van der Waals surface area contributed by atoms with Crippen LogP contribution in [0.1, 0.15) is 35.3 Å². The number of fused-ring (bicyclic) bond motifs is 1. The van der Waals surface area contributed by atoms with Gasteiger partial charge in [0.05, 0.1) is 25.6 Å². The van der Waals surface area contributed by atoms with Gasteiger partial charge in [0.1, 0.15) is 11.7 Å². The molecule has 2 heterocycles. The van der Waals surface area contributed by atoms with Crippen LogP contribution in [0.5, 0.6) is 5.88 Å². The van der Waals surface area contributed by atoms with Crippen LogP contribution >= 0.6 is 0 Å². The molecule has 1 aliphatic heterocycles. The van der Waals surface area contributed by atoms with Crippen LogP contribution in [0, 0.1) is 12.8 Å². The molecule has 0 radical (unpaired) electrons. The van der Waals surface area contributed by atoms with E-state index in [2.05, 4.69) is 4.98 Å². The van der Waals surface area contributed by atoms with E-state index in [4.69, 9.17) is 4.74 Å². The number of benzene rings is 2. The average Bonchev–Trinajstić information content (AvgIpc) is 2.91. The summed E-state index contributed by atoms with van der Waals surface area (Å²) >= 11 is 0. The highest BCUT2D eigenvalue weighted by Gasteiger charge is 2.34. The average molecular weight is 502 g/mol. The van der Waals surface area contributed by atoms with Gasteiger partial charge >= 0.3 is 0 Å². The van der Waals surface area contributed by atoms with Crippen LogP contribution in [0.3, 0.4) is 0 Å². The number of rotatable bonds is 7. The highest BCUT2D eigenvalue weighted by atomic mass is 16.5. The lowest BCUT2D eigenvalue weighted by atomic mass is 9.98. The molecule has 1 aliphatic rings. The van der Waals surface area contributed by atoms with E-state index in [1.165, 1.54) is 0 Å². The number of ether oxygens (including phenoxy) is 1. The molecular formula is C30H35N3O4. The zero-order valence-electron chi connectivity index (χ0n) is 21.9. The maximum absolute atomic E-state index is 13.6. The molecule has 2 amide bonds. The van der Waals surface area contributed by atoms with Crippen molar-refractivity contribution in [3.05, 3.63) is 83.6 Å². The van der Waals surface area contributed by atoms with E-state index in [9.17, 15) is 14.7 Å². The van der Waals surface area contributed by atoms with E-state index < -0.39 is 0 Å². The number of aryl methyl sites for hydroxylation is 1. The largest absolute Gasteiger partial charge is 0.472 e. The molecular weight excluding hydrogens is 466 g/mol. The van der Waals surface area contributed by atoms with Crippen molar-refractivity contribution in [1.82, 2.24) is 14.8 Å². The van der Waals surface area contributed by atoms with Crippen molar-refractivity contribution in [3.8, 4) is 17.0 Å². The number of hydrogen-bond acceptors (Lipinski definition) is 5. The van der Waals surface area contributed by atoms with Crippen molar-refractivity contribution in [2.24, 2.45) is 5.92 Å². The number of hydrogen-bond donors (Lipinski definition) is 1. The lowest BCUT2D eigenvalue weighted by molar-refractivity contribution is -0.130. The number of carbonyl (C=O) groups is 2. The Morgan fingerprint density at radius 1 is 1.16 bits per heavy atom. The number of carbonyl (C=O) groups excluding carboxylic acids is 2. The van der Waals surface area contributed by atoms with Gasteiger partial charge < -0.3 is 19.6 Å². The van der Waals surface area contributed by atoms with E-state index in [-0.39, 0.29) is 42.4 Å². The minimum absolute atomic E-state index is 0.0105. The molecule has 3 atom stereocenters. The monoisotopic (exact) mass is 501 g/mol. The summed E-state index contributed by atoms with van der Waals surface area (Å²) in [7, 11) is 1.77. The van der Waals surface area contributed by atoms with Crippen molar-refractivity contribution < 1.29 is 19.4 Å². The summed E-state index contributed by atoms with van der Waals surface area (Å²) in [6.45, 7) is 6.44. The lowest BCUT2D eigenvalue weighted by Gasteiger charge is -2.37. The Hall–Kier alpha value is -3.71. The van der Waals surface area contributed by atoms with Crippen LogP contribution in [0.4, 0.5) is 0 Å². The van der Waals surface area contributed by atoms with E-state index in [1.54, 1.807) is 23.0 Å². The Labute approximate surface area is 218 Å². The van der Waals surface area contributed by atoms with Crippen LogP contribution in [0.25, 0.3) is 11.1 Å². The molecule has 0 spiro atoms. The van der Waals surface area contributed by atoms with Crippen molar-refractivity contribution in [2.75, 3.05) is 26.7 Å². The van der Waals surface area contributed by atoms with Gasteiger partial charge in [0.25, 0.3) is 5.91 Å². The fraction of sp³-hybridized carbons (Fsp3) is 0.367. The van der Waals surface area contributed by atoms with Gasteiger partial charge in [0.2, 0.25) is 11.8 Å². The van der Waals surface area contributed by atoms with Crippen molar-refractivity contribution in [3.63, 3.8) is 0 Å². The topological polar surface area (TPSA) is 83.0 Å². The third-order valence-corrected chi connectivity index (χ3v) is 6.98. The number of amides is 2. The molecule has 37 heavy (non-hydrogen) atoms. The number of likely N-dealkylation sites (N-methyl/N-ethyl adjacent to an activating group) is 1. The SMILES string of the molecule is Cc1ccc(-c2cnc3c(c2)C(=O)N([C@H](C)CO)C[C@@H](C)[C@@H](CN(C)C(=O)Cc2ccccc2)O3)cc1. The number of aliphatic hydroxyl groups excluding tert-OH is 1. The Morgan fingerprint density at radius 2 is 1.86 bits per heavy atom. The number of aliphatic hydroxyl groups is 1. The van der Waals surface area contributed by atoms with Gasteiger partial charge in [-0.3, -0.25) is 9.59 Å². The molecule has 1 aromatic heterocycles. The van der Waals surface area contributed by atoms with Gasteiger partial charge in [-0.15, -0.1) is 0 Å². The van der Waals surface area contributed by atoms with Gasteiger partial charge in [-0.1, -0.05) is 67.1 Å². The van der Waals surface area contributed by atoms with Crippen molar-refractivity contribution in [1.29, 1.82) is 0 Å². The van der Waals surface area contributed by atoms with Crippen LogP contribution in [0.15, 0.2) is 66.9 Å². The maximum atomic E-state index is 13.6. The molecule has 0 bridgehead atoms. The summed E-state index contributed by atoms with van der Waals surface area (Å²) in [5, 5.41) is 9.89. The lowest BCUT2D eigenvalue weighted by Crippen LogP contribution is -2.50. The molecule has 7 heteroatoms. The van der Waals surface area contributed by atoms with Crippen LogP contribution in [-0.4, -0.2) is 70.6 Å². The second-order valence-corrected chi connectivity index (χ2v) is 10.0. The quantitative estimate of drug-likeness (QED) is 0.530. The van der Waals surface area contributed by atoms with Crippen molar-refractivity contribution in [2.45, 2.75) is 39.3 Å². The first-order valence-electron chi connectivity index (χ1n) is 12.7. The minimum atomic E-state index is -0.386. The molecule has 7 nitrogen and oxygen atoms in total. The fourth-order valence-corrected chi connectivity index (χ4v) is 4.50. The summed E-state index contributed by atoms with van der Waals surface area (Å²) in [5.74, 6) is -0.0893. The maximum Gasteiger partial charge on any atom is 0.259 e. The number of aromatic nitrogens is 1. The van der Waals surface area contributed by atoms with E-state index in [1.807, 2.05) is 81.4 Å². The first kappa shape index (κ1) is 26.4. The molecule has 3 aromatic rings. The van der Waals surface area contributed by atoms with Gasteiger partial charge in [-0.2, -0.15) is 0 Å². The molecule has 4 rings (SSSR count). The fourth-order valence-electron chi connectivity index (χ4n) is 4.50. The Morgan fingerprint density at radius 3 is 2.54 bits per heavy atom. The molecule has 194 valence electrons. The molecule has 0 saturated heterocycles. The second kappa shape index (κ2) is 11.6. The summed E-state index contributed by atoms with van der Waals surface area (Å²) in [6.07, 6.45) is 1.63. The zero-order valence-corrected chi connectivity index (χ0v) is 21.9. The van der Waals surface area contributed by atoms with Gasteiger partial charge in [0.15, 0.2) is 0 Å². The van der Waals surface area contributed by atoms with Crippen LogP contribution in [0.2, 0.25) is 0 Å². The third kappa shape index (κ3) is 6.17. The van der Waals surface area contributed by atoms with Gasteiger partial charge in [0, 0.05) is 31.3 Å². The summed E-state index contributed by atoms with van der Waals surface area (Å²) in [4.78, 5) is 34.5. The highest BCUT2D eigenvalue weighted by molar-refractivity contribution is 5.98. The Balaban J connectivity index is 1.63. The Kier molecular flexibility index (Phi) is 8.24. The minimum Gasteiger partial charge on any atom is -0.472 e. The first-order valence-corrected chi connectivity index (χ1v) is 12.7. The van der Waals surface area contributed by atoms with Crippen LogP contribution in [-0.2, 0) is 11.2 Å². The van der Waals surface area contributed by atoms with E-state index in [0.717, 1.165) is 22.3 Å². The second-order valence-electron chi connectivity index (χ2n) is 10.0. The van der Waals surface area contributed by atoms with E-state index >= 15 is 0 Å². The molecule has 0 unspecified atom stereocenters. The standard InChI is InChI=1S/C30H35N3O4/c1-20-10-12-24(13-11-20)25-15-26-29(31-16-25)37-27(21(2)17-33(30(26)36)22(3)19-34)18-32(4)28(35)14-23-8-6-5-7-9-23/h5-13,15-16,21-22,27,34H,14,17-19H2,1-4H3/t21-,22-,27-/m1/s1. The van der Waals surface area contributed by atoms with Crippen molar-refractivity contribution >= 4 is 11.8 Å². The predicted octanol–water partition coefficient (Wildman–Crippen LogP) is 3.98. The predicted molar refractivity (Wildman–Crippen MR) is 143 cm³/mol. The molecule has 2 aromatic carbocycles. The normalized spacial score (nSPS) is 18.3. The number of pyridine rings is 1. The summed E-state index contributed by atoms with van der Waals surface area (Å²) < 4.78 is 6.35. The van der Waals surface area contributed by atoms with Gasteiger partial charge in [-0.05, 0) is 31.0 Å². The highest BCUT2D eigenvalue weighted by Crippen LogP contribution is 2.30. The Bertz CT molecular complexity index is 1230. The van der Waals surface area contributed by atoms with Gasteiger partial charge in [-0.25, -0.2) is 4.98 Å². The summed E-state index contributed by atoms with van der Waals surface area (Å²) in [6, 6.07) is 19.1. The third-order valence-electron chi connectivity index (χ3n) is 6.98. The number of nitrogens with zero attached hydrogens (tertiary/aromatic N) is 3. The smallest absolute Gasteiger partial charge is 0.259 e. The molecule has 1 N–H and O–H groups in total. The zero-order chi connectivity index (χ0) is 26.5. The van der Waals surface area contributed by atoms with Crippen LogP contribution < -0.4 is 4.74 Å². The van der Waals surface area contributed by atoms with E-state index in [0.29, 0.717) is 25.1 Å². The summed E-state index contributed by atoms with van der Waals surface area (Å²) in [5.41, 5.74) is 4.22. The first-order chi connectivity index (χ1) is 17.8.